The van der Waals surface area contributed by atoms with Crippen LogP contribution in [0.1, 0.15) is 24.1 Å². The molecule has 3 aromatic rings. The molecule has 0 saturated carbocycles. The van der Waals surface area contributed by atoms with Crippen LogP contribution < -0.4 is 0 Å². The second-order valence-electron chi connectivity index (χ2n) is 7.21. The zero-order valence-electron chi connectivity index (χ0n) is 15.1. The number of aromatic nitrogens is 1. The Labute approximate surface area is 153 Å². The molecule has 2 aromatic carbocycles. The molecule has 4 heteroatoms. The van der Waals surface area contributed by atoms with E-state index in [1.807, 2.05) is 0 Å². The number of carboxylic acids is 1. The van der Waals surface area contributed by atoms with Gasteiger partial charge in [-0.1, -0.05) is 36.4 Å². The molecular weight excluding hydrogens is 324 g/mol. The van der Waals surface area contributed by atoms with E-state index in [0.29, 0.717) is 0 Å². The standard InChI is InChI=1S/C22H24N2O2/c1-16-6-2-4-8-20(16)24-19(14-18-7-3-5-9-21(18)24)15-23-12-10-17(11-13-23)22(25)26/h2-9,14,17H,10-13,15H2,1H3,(H,25,26). The van der Waals surface area contributed by atoms with Crippen molar-refractivity contribution in [2.75, 3.05) is 13.1 Å². The van der Waals surface area contributed by atoms with Crippen LogP contribution in [0.4, 0.5) is 0 Å². The third-order valence-corrected chi connectivity index (χ3v) is 5.47. The second-order valence-corrected chi connectivity index (χ2v) is 7.21. The predicted octanol–water partition coefficient (Wildman–Crippen LogP) is 4.24. The summed E-state index contributed by atoms with van der Waals surface area (Å²) in [5.74, 6) is -0.841. The maximum atomic E-state index is 11.2. The number of fused-ring (bicyclic) bond motifs is 1. The van der Waals surface area contributed by atoms with E-state index in [0.717, 1.165) is 32.5 Å². The number of hydrogen-bond acceptors (Lipinski definition) is 2. The van der Waals surface area contributed by atoms with Crippen molar-refractivity contribution in [3.8, 4) is 5.69 Å². The molecule has 4 nitrogen and oxygen atoms in total. The number of para-hydroxylation sites is 2. The van der Waals surface area contributed by atoms with Crippen molar-refractivity contribution in [2.45, 2.75) is 26.3 Å². The maximum Gasteiger partial charge on any atom is 0.306 e. The van der Waals surface area contributed by atoms with Crippen LogP contribution in [0.2, 0.25) is 0 Å². The Morgan fingerprint density at radius 2 is 1.77 bits per heavy atom. The molecule has 26 heavy (non-hydrogen) atoms. The molecule has 1 fully saturated rings. The summed E-state index contributed by atoms with van der Waals surface area (Å²) in [4.78, 5) is 13.6. The van der Waals surface area contributed by atoms with Crippen LogP contribution in [0.5, 0.6) is 0 Å². The number of carboxylic acid groups (broad SMARTS) is 1. The van der Waals surface area contributed by atoms with Gasteiger partial charge < -0.3 is 9.67 Å². The van der Waals surface area contributed by atoms with Gasteiger partial charge in [-0.3, -0.25) is 9.69 Å². The molecular formula is C22H24N2O2. The van der Waals surface area contributed by atoms with Crippen molar-refractivity contribution in [3.63, 3.8) is 0 Å². The number of rotatable bonds is 4. The van der Waals surface area contributed by atoms with Crippen LogP contribution in [-0.2, 0) is 11.3 Å². The number of piperidine rings is 1. The van der Waals surface area contributed by atoms with Crippen LogP contribution in [0, 0.1) is 12.8 Å². The first-order chi connectivity index (χ1) is 12.6. The fourth-order valence-electron chi connectivity index (χ4n) is 3.99. The van der Waals surface area contributed by atoms with Gasteiger partial charge in [0, 0.05) is 23.3 Å². The van der Waals surface area contributed by atoms with Gasteiger partial charge in [0.15, 0.2) is 0 Å². The van der Waals surface area contributed by atoms with E-state index in [1.54, 1.807) is 0 Å². The van der Waals surface area contributed by atoms with Crippen LogP contribution in [-0.4, -0.2) is 33.6 Å². The molecule has 1 aliphatic heterocycles. The lowest BCUT2D eigenvalue weighted by Gasteiger charge is -2.30. The first-order valence-electron chi connectivity index (χ1n) is 9.24. The number of hydrogen-bond donors (Lipinski definition) is 1. The minimum absolute atomic E-state index is 0.187. The smallest absolute Gasteiger partial charge is 0.306 e. The molecule has 1 saturated heterocycles. The number of nitrogens with zero attached hydrogens (tertiary/aromatic N) is 2. The highest BCUT2D eigenvalue weighted by molar-refractivity contribution is 5.83. The van der Waals surface area contributed by atoms with Crippen molar-refractivity contribution in [1.29, 1.82) is 0 Å². The minimum Gasteiger partial charge on any atom is -0.481 e. The highest BCUT2D eigenvalue weighted by atomic mass is 16.4. The van der Waals surface area contributed by atoms with E-state index in [2.05, 4.69) is 71.0 Å². The lowest BCUT2D eigenvalue weighted by atomic mass is 9.97. The van der Waals surface area contributed by atoms with Crippen LogP contribution in [0.25, 0.3) is 16.6 Å². The number of aliphatic carboxylic acids is 1. The summed E-state index contributed by atoms with van der Waals surface area (Å²) in [6.07, 6.45) is 1.47. The Balaban J connectivity index is 1.68. The summed E-state index contributed by atoms with van der Waals surface area (Å²) in [7, 11) is 0. The molecule has 1 aromatic heterocycles. The van der Waals surface area contributed by atoms with Gasteiger partial charge in [0.05, 0.1) is 11.4 Å². The maximum absolute atomic E-state index is 11.2. The topological polar surface area (TPSA) is 45.5 Å². The van der Waals surface area contributed by atoms with Gasteiger partial charge in [-0.2, -0.15) is 0 Å². The lowest BCUT2D eigenvalue weighted by molar-refractivity contribution is -0.143. The monoisotopic (exact) mass is 348 g/mol. The molecule has 4 rings (SSSR count). The molecule has 0 unspecified atom stereocenters. The zero-order chi connectivity index (χ0) is 18.1. The van der Waals surface area contributed by atoms with Crippen molar-refractivity contribution in [3.05, 3.63) is 65.9 Å². The van der Waals surface area contributed by atoms with E-state index in [4.69, 9.17) is 0 Å². The fourth-order valence-corrected chi connectivity index (χ4v) is 3.99. The summed E-state index contributed by atoms with van der Waals surface area (Å²) < 4.78 is 2.36. The Kier molecular flexibility index (Phi) is 4.51. The van der Waals surface area contributed by atoms with Crippen molar-refractivity contribution < 1.29 is 9.90 Å². The van der Waals surface area contributed by atoms with Gasteiger partial charge in [0.2, 0.25) is 0 Å². The molecule has 0 amide bonds. The molecule has 0 atom stereocenters. The first kappa shape index (κ1) is 16.9. The Hall–Kier alpha value is -2.59. The molecule has 0 aliphatic carbocycles. The Morgan fingerprint density at radius 1 is 1.08 bits per heavy atom. The number of carbonyl (C=O) groups is 1. The molecule has 1 N–H and O–H groups in total. The van der Waals surface area contributed by atoms with E-state index < -0.39 is 5.97 Å². The highest BCUT2D eigenvalue weighted by Gasteiger charge is 2.25. The van der Waals surface area contributed by atoms with Gasteiger partial charge >= 0.3 is 5.97 Å². The number of aryl methyl sites for hydroxylation is 1. The molecule has 134 valence electrons. The lowest BCUT2D eigenvalue weighted by Crippen LogP contribution is -2.36. The van der Waals surface area contributed by atoms with Gasteiger partial charge in [0.25, 0.3) is 0 Å². The summed E-state index contributed by atoms with van der Waals surface area (Å²) in [5, 5.41) is 10.5. The molecule has 0 radical (unpaired) electrons. The van der Waals surface area contributed by atoms with Gasteiger partial charge in [0.1, 0.15) is 0 Å². The van der Waals surface area contributed by atoms with E-state index in [1.165, 1.54) is 27.8 Å². The van der Waals surface area contributed by atoms with Gasteiger partial charge in [-0.25, -0.2) is 0 Å². The van der Waals surface area contributed by atoms with E-state index >= 15 is 0 Å². The fraction of sp³-hybridized carbons (Fsp3) is 0.318. The van der Waals surface area contributed by atoms with Gasteiger partial charge in [-0.05, 0) is 56.6 Å². The van der Waals surface area contributed by atoms with Crippen LogP contribution >= 0.6 is 0 Å². The summed E-state index contributed by atoms with van der Waals surface area (Å²) >= 11 is 0. The van der Waals surface area contributed by atoms with E-state index in [-0.39, 0.29) is 5.92 Å². The van der Waals surface area contributed by atoms with Crippen LogP contribution in [0.3, 0.4) is 0 Å². The van der Waals surface area contributed by atoms with E-state index in [9.17, 15) is 9.90 Å². The molecule has 2 heterocycles. The largest absolute Gasteiger partial charge is 0.481 e. The molecule has 1 aliphatic rings. The summed E-state index contributed by atoms with van der Waals surface area (Å²) in [6.45, 7) is 4.67. The third kappa shape index (κ3) is 3.13. The normalized spacial score (nSPS) is 16.2. The number of likely N-dealkylation sites (tertiary alicyclic amines) is 1. The average Bonchev–Trinajstić information content (AvgIpc) is 3.00. The number of benzene rings is 2. The summed E-state index contributed by atoms with van der Waals surface area (Å²) in [5.41, 5.74) is 4.94. The zero-order valence-corrected chi connectivity index (χ0v) is 15.1. The second kappa shape index (κ2) is 6.96. The van der Waals surface area contributed by atoms with Crippen molar-refractivity contribution >= 4 is 16.9 Å². The van der Waals surface area contributed by atoms with Crippen molar-refractivity contribution in [1.82, 2.24) is 9.47 Å². The SMILES string of the molecule is Cc1ccccc1-n1c(CN2CCC(C(=O)O)CC2)cc2ccccc21. The molecule has 0 spiro atoms. The first-order valence-corrected chi connectivity index (χ1v) is 9.24. The minimum atomic E-state index is -0.654. The van der Waals surface area contributed by atoms with Gasteiger partial charge in [-0.15, -0.1) is 0 Å². The van der Waals surface area contributed by atoms with Crippen LogP contribution in [0.15, 0.2) is 54.6 Å². The Bertz CT molecular complexity index is 936. The predicted molar refractivity (Wildman–Crippen MR) is 104 cm³/mol. The quantitative estimate of drug-likeness (QED) is 0.767. The average molecular weight is 348 g/mol. The third-order valence-electron chi connectivity index (χ3n) is 5.47. The highest BCUT2D eigenvalue weighted by Crippen LogP contribution is 2.28. The molecule has 0 bridgehead atoms. The van der Waals surface area contributed by atoms with Crippen molar-refractivity contribution in [2.24, 2.45) is 5.92 Å². The Morgan fingerprint density at radius 3 is 2.50 bits per heavy atom. The summed E-state index contributed by atoms with van der Waals surface area (Å²) in [6, 6.07) is 19.2.